The van der Waals surface area contributed by atoms with E-state index in [1.165, 1.54) is 6.07 Å². The van der Waals surface area contributed by atoms with Crippen molar-refractivity contribution >= 4 is 23.2 Å². The average molecular weight is 307 g/mol. The molecule has 0 aliphatic rings. The molecule has 21 heavy (non-hydrogen) atoms. The van der Waals surface area contributed by atoms with Crippen molar-refractivity contribution in [2.24, 2.45) is 0 Å². The van der Waals surface area contributed by atoms with Crippen molar-refractivity contribution in [2.45, 2.75) is 20.4 Å². The molecule has 1 aromatic heterocycles. The van der Waals surface area contributed by atoms with Crippen LogP contribution < -0.4 is 5.32 Å². The smallest absolute Gasteiger partial charge is 0.346 e. The number of carboxylic acids is 1. The van der Waals surface area contributed by atoms with E-state index >= 15 is 0 Å². The van der Waals surface area contributed by atoms with Gasteiger partial charge in [0, 0.05) is 6.54 Å². The second-order valence-electron chi connectivity index (χ2n) is 4.69. The van der Waals surface area contributed by atoms with Gasteiger partial charge < -0.3 is 10.4 Å². The number of carbonyl (C=O) groups excluding carboxylic acids is 1. The SMILES string of the molecule is Cc1cc(CNC(=O)c2cc(C)c(C(=O)O)s2)ccc1F. The highest BCUT2D eigenvalue weighted by atomic mass is 32.1. The summed E-state index contributed by atoms with van der Waals surface area (Å²) in [5, 5.41) is 11.7. The maximum Gasteiger partial charge on any atom is 0.346 e. The van der Waals surface area contributed by atoms with E-state index < -0.39 is 5.97 Å². The molecule has 0 saturated heterocycles. The predicted octanol–water partition coefficient (Wildman–Crippen LogP) is 3.13. The van der Waals surface area contributed by atoms with Crippen LogP contribution in [0.25, 0.3) is 0 Å². The normalized spacial score (nSPS) is 10.4. The van der Waals surface area contributed by atoms with Crippen LogP contribution in [0.4, 0.5) is 4.39 Å². The Morgan fingerprint density at radius 3 is 2.52 bits per heavy atom. The molecule has 4 nitrogen and oxygen atoms in total. The lowest BCUT2D eigenvalue weighted by atomic mass is 10.1. The first-order valence-corrected chi connectivity index (χ1v) is 7.07. The summed E-state index contributed by atoms with van der Waals surface area (Å²) in [4.78, 5) is 23.5. The van der Waals surface area contributed by atoms with Crippen LogP contribution in [0.2, 0.25) is 0 Å². The minimum atomic E-state index is -1.04. The molecule has 2 aromatic rings. The number of nitrogens with one attached hydrogen (secondary N) is 1. The van der Waals surface area contributed by atoms with Gasteiger partial charge in [0.25, 0.3) is 5.91 Å². The van der Waals surface area contributed by atoms with Crippen LogP contribution in [0, 0.1) is 19.7 Å². The Balaban J connectivity index is 2.06. The van der Waals surface area contributed by atoms with Crippen LogP contribution in [0.5, 0.6) is 0 Å². The van der Waals surface area contributed by atoms with Gasteiger partial charge in [0.05, 0.1) is 4.88 Å². The van der Waals surface area contributed by atoms with Gasteiger partial charge in [0.15, 0.2) is 0 Å². The third-order valence-corrected chi connectivity index (χ3v) is 4.24. The number of rotatable bonds is 4. The number of carbonyl (C=O) groups is 2. The molecule has 0 spiro atoms. The van der Waals surface area contributed by atoms with Crippen LogP contribution >= 0.6 is 11.3 Å². The molecule has 0 bridgehead atoms. The molecule has 0 fully saturated rings. The third-order valence-electron chi connectivity index (χ3n) is 3.01. The van der Waals surface area contributed by atoms with Gasteiger partial charge in [-0.2, -0.15) is 0 Å². The maximum atomic E-state index is 13.1. The largest absolute Gasteiger partial charge is 0.477 e. The number of thiophene rings is 1. The second-order valence-corrected chi connectivity index (χ2v) is 5.75. The first kappa shape index (κ1) is 15.2. The van der Waals surface area contributed by atoms with Crippen LogP contribution in [-0.2, 0) is 6.54 Å². The van der Waals surface area contributed by atoms with E-state index in [4.69, 9.17) is 5.11 Å². The predicted molar refractivity (Wildman–Crippen MR) is 78.3 cm³/mol. The Bertz CT molecular complexity index is 709. The summed E-state index contributed by atoms with van der Waals surface area (Å²) >= 11 is 0.945. The quantitative estimate of drug-likeness (QED) is 0.912. The highest BCUT2D eigenvalue weighted by Gasteiger charge is 2.16. The van der Waals surface area contributed by atoms with Crippen LogP contribution in [0.3, 0.4) is 0 Å². The molecule has 0 saturated carbocycles. The Hall–Kier alpha value is -2.21. The van der Waals surface area contributed by atoms with E-state index in [2.05, 4.69) is 5.32 Å². The molecule has 0 unspecified atom stereocenters. The number of aryl methyl sites for hydroxylation is 2. The molecule has 1 amide bonds. The lowest BCUT2D eigenvalue weighted by Crippen LogP contribution is -2.21. The van der Waals surface area contributed by atoms with E-state index in [-0.39, 0.29) is 23.1 Å². The molecule has 0 radical (unpaired) electrons. The molecule has 0 aliphatic heterocycles. The molecule has 1 heterocycles. The van der Waals surface area contributed by atoms with Gasteiger partial charge in [-0.05, 0) is 42.7 Å². The summed E-state index contributed by atoms with van der Waals surface area (Å²) in [5.41, 5.74) is 1.87. The van der Waals surface area contributed by atoms with Gasteiger partial charge in [0.2, 0.25) is 0 Å². The number of halogens is 1. The van der Waals surface area contributed by atoms with Crippen molar-refractivity contribution in [1.82, 2.24) is 5.32 Å². The van der Waals surface area contributed by atoms with Crippen molar-refractivity contribution in [2.75, 3.05) is 0 Å². The van der Waals surface area contributed by atoms with Crippen molar-refractivity contribution in [3.8, 4) is 0 Å². The van der Waals surface area contributed by atoms with Crippen molar-refractivity contribution in [3.05, 3.63) is 56.5 Å². The standard InChI is InChI=1S/C15H14FNO3S/c1-8-5-10(3-4-11(8)16)7-17-14(18)12-6-9(2)13(21-12)15(19)20/h3-6H,7H2,1-2H3,(H,17,18)(H,19,20). The van der Waals surface area contributed by atoms with Crippen LogP contribution in [0.1, 0.15) is 36.0 Å². The second kappa shape index (κ2) is 6.05. The van der Waals surface area contributed by atoms with Crippen LogP contribution in [0.15, 0.2) is 24.3 Å². The molecule has 6 heteroatoms. The van der Waals surface area contributed by atoms with Crippen molar-refractivity contribution in [1.29, 1.82) is 0 Å². The Labute approximate surface area is 125 Å². The number of amides is 1. The van der Waals surface area contributed by atoms with E-state index in [9.17, 15) is 14.0 Å². The first-order valence-electron chi connectivity index (χ1n) is 6.25. The van der Waals surface area contributed by atoms with E-state index in [0.717, 1.165) is 16.9 Å². The molecule has 2 N–H and O–H groups in total. The minimum absolute atomic E-state index is 0.165. The first-order chi connectivity index (χ1) is 9.88. The van der Waals surface area contributed by atoms with Crippen molar-refractivity contribution in [3.63, 3.8) is 0 Å². The zero-order valence-corrected chi connectivity index (χ0v) is 12.4. The molecule has 0 atom stereocenters. The van der Waals surface area contributed by atoms with E-state index in [0.29, 0.717) is 16.0 Å². The third kappa shape index (κ3) is 3.46. The highest BCUT2D eigenvalue weighted by molar-refractivity contribution is 7.16. The number of aromatic carboxylic acids is 1. The zero-order valence-electron chi connectivity index (χ0n) is 11.6. The summed E-state index contributed by atoms with van der Waals surface area (Å²) in [6.45, 7) is 3.57. The molecule has 0 aliphatic carbocycles. The molecular weight excluding hydrogens is 293 g/mol. The van der Waals surface area contributed by atoms with Crippen molar-refractivity contribution < 1.29 is 19.1 Å². The fraction of sp³-hybridized carbons (Fsp3) is 0.200. The molecule has 110 valence electrons. The highest BCUT2D eigenvalue weighted by Crippen LogP contribution is 2.21. The fourth-order valence-electron chi connectivity index (χ4n) is 1.89. The number of benzene rings is 1. The minimum Gasteiger partial charge on any atom is -0.477 e. The lowest BCUT2D eigenvalue weighted by molar-refractivity contribution is 0.0701. The lowest BCUT2D eigenvalue weighted by Gasteiger charge is -2.05. The summed E-state index contributed by atoms with van der Waals surface area (Å²) in [7, 11) is 0. The average Bonchev–Trinajstić information content (AvgIpc) is 2.82. The summed E-state index contributed by atoms with van der Waals surface area (Å²) in [6.07, 6.45) is 0. The van der Waals surface area contributed by atoms with Gasteiger partial charge in [-0.15, -0.1) is 11.3 Å². The molecule has 2 rings (SSSR count). The Kier molecular flexibility index (Phi) is 4.37. The van der Waals surface area contributed by atoms with E-state index in [1.54, 1.807) is 32.0 Å². The number of hydrogen-bond acceptors (Lipinski definition) is 3. The Morgan fingerprint density at radius 2 is 1.95 bits per heavy atom. The Morgan fingerprint density at radius 1 is 1.24 bits per heavy atom. The monoisotopic (exact) mass is 307 g/mol. The summed E-state index contributed by atoms with van der Waals surface area (Å²) in [5.74, 6) is -1.66. The van der Waals surface area contributed by atoms with Crippen LogP contribution in [-0.4, -0.2) is 17.0 Å². The number of hydrogen-bond donors (Lipinski definition) is 2. The van der Waals surface area contributed by atoms with Gasteiger partial charge in [-0.1, -0.05) is 12.1 Å². The van der Waals surface area contributed by atoms with Gasteiger partial charge in [-0.25, -0.2) is 9.18 Å². The summed E-state index contributed by atoms with van der Waals surface area (Å²) < 4.78 is 13.1. The fourth-order valence-corrected chi connectivity index (χ4v) is 2.82. The van der Waals surface area contributed by atoms with Gasteiger partial charge >= 0.3 is 5.97 Å². The van der Waals surface area contributed by atoms with Gasteiger partial charge in [-0.3, -0.25) is 4.79 Å². The van der Waals surface area contributed by atoms with E-state index in [1.807, 2.05) is 0 Å². The maximum absolute atomic E-state index is 13.1. The topological polar surface area (TPSA) is 66.4 Å². The molecular formula is C15H14FNO3S. The summed E-state index contributed by atoms with van der Waals surface area (Å²) in [6, 6.07) is 6.18. The van der Waals surface area contributed by atoms with Gasteiger partial charge in [0.1, 0.15) is 10.7 Å². The molecule has 1 aromatic carbocycles. The zero-order chi connectivity index (χ0) is 15.6. The number of carboxylic acid groups (broad SMARTS) is 1.